The normalized spacial score (nSPS) is 36.8. The Kier molecular flexibility index (Phi) is 2.89. The lowest BCUT2D eigenvalue weighted by Crippen LogP contribution is -2.36. The molecule has 0 heterocycles. The molecular weight excluding hydrogens is 168 g/mol. The molecule has 2 heteroatoms. The van der Waals surface area contributed by atoms with E-state index in [1.807, 2.05) is 19.1 Å². The van der Waals surface area contributed by atoms with Gasteiger partial charge in [-0.3, -0.25) is 4.21 Å². The number of rotatable bonds is 2. The van der Waals surface area contributed by atoms with Gasteiger partial charge in [-0.25, -0.2) is 0 Å². The molecule has 0 bridgehead atoms. The number of hydrogen-bond acceptors (Lipinski definition) is 1. The van der Waals surface area contributed by atoms with E-state index < -0.39 is 10.8 Å². The van der Waals surface area contributed by atoms with Gasteiger partial charge in [-0.1, -0.05) is 38.2 Å². The van der Waals surface area contributed by atoms with E-state index in [1.165, 1.54) is 0 Å². The summed E-state index contributed by atoms with van der Waals surface area (Å²) in [6.07, 6.45) is 8.21. The van der Waals surface area contributed by atoms with Gasteiger partial charge in [0.25, 0.3) is 0 Å². The standard InChI is InChI=1S/C10H16OS/c1-4-12(11)10(3)8-6-5-7-9(10)2/h5-9H,4H2,1-3H3. The van der Waals surface area contributed by atoms with Crippen LogP contribution in [-0.4, -0.2) is 14.7 Å². The molecule has 0 saturated carbocycles. The first-order valence-electron chi connectivity index (χ1n) is 4.35. The lowest BCUT2D eigenvalue weighted by Gasteiger charge is -2.31. The second kappa shape index (κ2) is 3.56. The van der Waals surface area contributed by atoms with Crippen LogP contribution in [0.15, 0.2) is 24.3 Å². The van der Waals surface area contributed by atoms with Crippen LogP contribution < -0.4 is 0 Å². The number of hydrogen-bond donors (Lipinski definition) is 0. The zero-order valence-corrected chi connectivity index (χ0v) is 8.73. The highest BCUT2D eigenvalue weighted by molar-refractivity contribution is 7.86. The molecule has 0 N–H and O–H groups in total. The number of allylic oxidation sites excluding steroid dienone is 3. The molecule has 1 nitrogen and oxygen atoms in total. The van der Waals surface area contributed by atoms with Crippen LogP contribution in [0.4, 0.5) is 0 Å². The molecule has 0 aromatic heterocycles. The SMILES string of the molecule is CCS(=O)C1(C)C=CC=CC1C. The van der Waals surface area contributed by atoms with Gasteiger partial charge < -0.3 is 0 Å². The highest BCUT2D eigenvalue weighted by Gasteiger charge is 2.33. The monoisotopic (exact) mass is 184 g/mol. The van der Waals surface area contributed by atoms with E-state index in [9.17, 15) is 4.21 Å². The van der Waals surface area contributed by atoms with Crippen LogP contribution >= 0.6 is 0 Å². The van der Waals surface area contributed by atoms with Gasteiger partial charge >= 0.3 is 0 Å². The first-order chi connectivity index (χ1) is 5.61. The Morgan fingerprint density at radius 1 is 1.50 bits per heavy atom. The smallest absolute Gasteiger partial charge is 0.0672 e. The summed E-state index contributed by atoms with van der Waals surface area (Å²) < 4.78 is 11.6. The van der Waals surface area contributed by atoms with Gasteiger partial charge in [0.2, 0.25) is 0 Å². The quantitative estimate of drug-likeness (QED) is 0.643. The molecule has 68 valence electrons. The highest BCUT2D eigenvalue weighted by atomic mass is 32.2. The van der Waals surface area contributed by atoms with E-state index in [-0.39, 0.29) is 4.75 Å². The van der Waals surface area contributed by atoms with Crippen molar-refractivity contribution in [3.63, 3.8) is 0 Å². The summed E-state index contributed by atoms with van der Waals surface area (Å²) in [5.74, 6) is 1.11. The molecule has 0 aromatic rings. The average molecular weight is 184 g/mol. The molecule has 0 aromatic carbocycles. The molecule has 0 saturated heterocycles. The van der Waals surface area contributed by atoms with Gasteiger partial charge in [0, 0.05) is 16.6 Å². The van der Waals surface area contributed by atoms with Gasteiger partial charge in [0.15, 0.2) is 0 Å². The zero-order chi connectivity index (χ0) is 9.19. The van der Waals surface area contributed by atoms with Crippen molar-refractivity contribution in [3.05, 3.63) is 24.3 Å². The molecule has 12 heavy (non-hydrogen) atoms. The van der Waals surface area contributed by atoms with Crippen molar-refractivity contribution in [1.29, 1.82) is 0 Å². The van der Waals surface area contributed by atoms with Crippen LogP contribution in [0, 0.1) is 5.92 Å². The Hall–Kier alpha value is -0.370. The minimum atomic E-state index is -0.747. The molecule has 0 amide bonds. The molecule has 1 aliphatic carbocycles. The fourth-order valence-corrected chi connectivity index (χ4v) is 2.76. The van der Waals surface area contributed by atoms with E-state index in [4.69, 9.17) is 0 Å². The summed E-state index contributed by atoms with van der Waals surface area (Å²) >= 11 is 0. The maximum absolute atomic E-state index is 11.7. The van der Waals surface area contributed by atoms with Crippen LogP contribution in [0.3, 0.4) is 0 Å². The first kappa shape index (κ1) is 9.72. The van der Waals surface area contributed by atoms with E-state index in [2.05, 4.69) is 26.0 Å². The van der Waals surface area contributed by atoms with Crippen molar-refractivity contribution >= 4 is 10.8 Å². The zero-order valence-electron chi connectivity index (χ0n) is 7.91. The Morgan fingerprint density at radius 2 is 2.17 bits per heavy atom. The Labute approximate surface area is 77.0 Å². The van der Waals surface area contributed by atoms with Gasteiger partial charge in [0.1, 0.15) is 0 Å². The van der Waals surface area contributed by atoms with E-state index >= 15 is 0 Å². The minimum absolute atomic E-state index is 0.149. The van der Waals surface area contributed by atoms with Crippen molar-refractivity contribution in [2.75, 3.05) is 5.75 Å². The van der Waals surface area contributed by atoms with Crippen molar-refractivity contribution < 1.29 is 4.21 Å². The predicted octanol–water partition coefficient (Wildman–Crippen LogP) is 2.28. The average Bonchev–Trinajstić information content (AvgIpc) is 2.09. The van der Waals surface area contributed by atoms with Crippen LogP contribution in [0.1, 0.15) is 20.8 Å². The van der Waals surface area contributed by atoms with Crippen LogP contribution in [0.25, 0.3) is 0 Å². The maximum atomic E-state index is 11.7. The van der Waals surface area contributed by atoms with Crippen molar-refractivity contribution in [2.24, 2.45) is 5.92 Å². The fraction of sp³-hybridized carbons (Fsp3) is 0.600. The highest BCUT2D eigenvalue weighted by Crippen LogP contribution is 2.29. The molecular formula is C10H16OS. The molecule has 0 radical (unpaired) electrons. The summed E-state index contributed by atoms with van der Waals surface area (Å²) in [7, 11) is -0.747. The maximum Gasteiger partial charge on any atom is 0.0672 e. The fourth-order valence-electron chi connectivity index (χ4n) is 1.41. The first-order valence-corrected chi connectivity index (χ1v) is 5.67. The molecule has 3 unspecified atom stereocenters. The summed E-state index contributed by atoms with van der Waals surface area (Å²) in [5, 5.41) is 0. The van der Waals surface area contributed by atoms with E-state index in [1.54, 1.807) is 0 Å². The van der Waals surface area contributed by atoms with Crippen molar-refractivity contribution in [3.8, 4) is 0 Å². The van der Waals surface area contributed by atoms with Crippen LogP contribution in [0.2, 0.25) is 0 Å². The lowest BCUT2D eigenvalue weighted by molar-refractivity contribution is 0.566. The minimum Gasteiger partial charge on any atom is -0.259 e. The molecule has 1 rings (SSSR count). The third kappa shape index (κ3) is 1.53. The second-order valence-electron chi connectivity index (χ2n) is 3.35. The predicted molar refractivity (Wildman–Crippen MR) is 54.5 cm³/mol. The molecule has 1 aliphatic rings. The molecule has 0 fully saturated rings. The Balaban J connectivity index is 2.90. The molecule has 0 aliphatic heterocycles. The van der Waals surface area contributed by atoms with Gasteiger partial charge in [-0.15, -0.1) is 0 Å². The Morgan fingerprint density at radius 3 is 2.67 bits per heavy atom. The lowest BCUT2D eigenvalue weighted by atomic mass is 9.91. The largest absolute Gasteiger partial charge is 0.259 e. The topological polar surface area (TPSA) is 17.1 Å². The van der Waals surface area contributed by atoms with Crippen molar-refractivity contribution in [1.82, 2.24) is 0 Å². The van der Waals surface area contributed by atoms with E-state index in [0.29, 0.717) is 5.92 Å². The summed E-state index contributed by atoms with van der Waals surface area (Å²) in [5.41, 5.74) is 0. The summed E-state index contributed by atoms with van der Waals surface area (Å²) in [6, 6.07) is 0. The molecule has 3 atom stereocenters. The van der Waals surface area contributed by atoms with Gasteiger partial charge in [-0.05, 0) is 12.8 Å². The van der Waals surface area contributed by atoms with Gasteiger partial charge in [0.05, 0.1) is 4.75 Å². The van der Waals surface area contributed by atoms with Crippen molar-refractivity contribution in [2.45, 2.75) is 25.5 Å². The summed E-state index contributed by atoms with van der Waals surface area (Å²) in [4.78, 5) is 0. The third-order valence-corrected chi connectivity index (χ3v) is 4.61. The summed E-state index contributed by atoms with van der Waals surface area (Å²) in [6.45, 7) is 6.16. The van der Waals surface area contributed by atoms with Crippen LogP contribution in [0.5, 0.6) is 0 Å². The third-order valence-electron chi connectivity index (χ3n) is 2.59. The van der Waals surface area contributed by atoms with E-state index in [0.717, 1.165) is 5.75 Å². The Bertz CT molecular complexity index is 242. The second-order valence-corrected chi connectivity index (χ2v) is 5.50. The van der Waals surface area contributed by atoms with Crippen LogP contribution in [-0.2, 0) is 10.8 Å². The van der Waals surface area contributed by atoms with Gasteiger partial charge in [-0.2, -0.15) is 0 Å². The molecule has 0 spiro atoms.